The first kappa shape index (κ1) is 16.9. The molecular formula is C19H21N3S2. The quantitative estimate of drug-likeness (QED) is 0.616. The second kappa shape index (κ2) is 8.27. The number of thiophene rings is 1. The lowest BCUT2D eigenvalue weighted by Gasteiger charge is -2.10. The number of nitriles is 1. The minimum Gasteiger partial charge on any atom is -0.362 e. The third-order valence-electron chi connectivity index (χ3n) is 4.28. The Labute approximate surface area is 152 Å². The SMILES string of the molecule is N#Cc1c(NC(=S)NCCCc2ccccc2)sc2c1CCCC2. The summed E-state index contributed by atoms with van der Waals surface area (Å²) in [6, 6.07) is 12.8. The molecule has 0 saturated carbocycles. The van der Waals surface area contributed by atoms with Gasteiger partial charge in [-0.1, -0.05) is 30.3 Å². The fourth-order valence-electron chi connectivity index (χ4n) is 3.06. The van der Waals surface area contributed by atoms with Gasteiger partial charge in [0.15, 0.2) is 5.11 Å². The second-order valence-corrected chi connectivity index (χ2v) is 7.51. The van der Waals surface area contributed by atoms with Crippen LogP contribution in [0.25, 0.3) is 0 Å². The molecule has 0 fully saturated rings. The van der Waals surface area contributed by atoms with Gasteiger partial charge < -0.3 is 10.6 Å². The van der Waals surface area contributed by atoms with Crippen molar-refractivity contribution in [3.05, 3.63) is 51.9 Å². The number of nitrogens with one attached hydrogen (secondary N) is 2. The average molecular weight is 356 g/mol. The molecule has 2 N–H and O–H groups in total. The Morgan fingerprint density at radius 3 is 2.79 bits per heavy atom. The van der Waals surface area contributed by atoms with Crippen molar-refractivity contribution in [3.63, 3.8) is 0 Å². The van der Waals surface area contributed by atoms with E-state index >= 15 is 0 Å². The van der Waals surface area contributed by atoms with Crippen LogP contribution in [0.1, 0.15) is 40.8 Å². The van der Waals surface area contributed by atoms with Crippen LogP contribution in [-0.4, -0.2) is 11.7 Å². The van der Waals surface area contributed by atoms with Gasteiger partial charge in [-0.25, -0.2) is 0 Å². The number of thiocarbonyl (C=S) groups is 1. The number of hydrogen-bond acceptors (Lipinski definition) is 3. The zero-order valence-corrected chi connectivity index (χ0v) is 15.2. The first-order valence-electron chi connectivity index (χ1n) is 8.41. The van der Waals surface area contributed by atoms with Gasteiger partial charge in [-0.05, 0) is 61.9 Å². The van der Waals surface area contributed by atoms with Crippen LogP contribution in [0, 0.1) is 11.3 Å². The minimum atomic E-state index is 0.609. The van der Waals surface area contributed by atoms with E-state index in [0.717, 1.165) is 42.8 Å². The number of hydrogen-bond donors (Lipinski definition) is 2. The molecule has 0 saturated heterocycles. The summed E-state index contributed by atoms with van der Waals surface area (Å²) in [5.74, 6) is 0. The Bertz CT molecular complexity index is 744. The van der Waals surface area contributed by atoms with E-state index < -0.39 is 0 Å². The summed E-state index contributed by atoms with van der Waals surface area (Å²) in [6.07, 6.45) is 6.58. The molecule has 2 aromatic rings. The summed E-state index contributed by atoms with van der Waals surface area (Å²) in [4.78, 5) is 1.35. The summed E-state index contributed by atoms with van der Waals surface area (Å²) < 4.78 is 0. The first-order chi connectivity index (χ1) is 11.8. The van der Waals surface area contributed by atoms with E-state index in [1.54, 1.807) is 11.3 Å². The Balaban J connectivity index is 1.50. The normalized spacial score (nSPS) is 13.0. The van der Waals surface area contributed by atoms with Gasteiger partial charge in [0.1, 0.15) is 11.1 Å². The van der Waals surface area contributed by atoms with Gasteiger partial charge in [0.05, 0.1) is 5.56 Å². The molecule has 1 heterocycles. The lowest BCUT2D eigenvalue weighted by molar-refractivity contribution is 0.696. The molecule has 0 spiro atoms. The molecule has 1 aromatic carbocycles. The van der Waals surface area contributed by atoms with E-state index in [1.807, 2.05) is 6.07 Å². The summed E-state index contributed by atoms with van der Waals surface area (Å²) in [6.45, 7) is 0.827. The largest absolute Gasteiger partial charge is 0.362 e. The molecule has 1 aliphatic rings. The van der Waals surface area contributed by atoms with Crippen LogP contribution in [0.2, 0.25) is 0 Å². The maximum absolute atomic E-state index is 9.47. The Kier molecular flexibility index (Phi) is 5.84. The average Bonchev–Trinajstić information content (AvgIpc) is 2.96. The van der Waals surface area contributed by atoms with Crippen LogP contribution in [0.5, 0.6) is 0 Å². The molecule has 0 bridgehead atoms. The molecule has 0 atom stereocenters. The predicted octanol–water partition coefficient (Wildman–Crippen LogP) is 4.42. The highest BCUT2D eigenvalue weighted by Crippen LogP contribution is 2.37. The lowest BCUT2D eigenvalue weighted by atomic mass is 9.96. The van der Waals surface area contributed by atoms with Gasteiger partial charge in [0.2, 0.25) is 0 Å². The third kappa shape index (κ3) is 4.14. The van der Waals surface area contributed by atoms with Crippen molar-refractivity contribution >= 4 is 33.7 Å². The Hall–Kier alpha value is -1.90. The topological polar surface area (TPSA) is 47.9 Å². The predicted molar refractivity (Wildman–Crippen MR) is 105 cm³/mol. The minimum absolute atomic E-state index is 0.609. The van der Waals surface area contributed by atoms with Crippen molar-refractivity contribution in [2.45, 2.75) is 38.5 Å². The molecule has 0 aliphatic heterocycles. The molecule has 1 aromatic heterocycles. The van der Waals surface area contributed by atoms with Gasteiger partial charge in [-0.2, -0.15) is 5.26 Å². The fourth-order valence-corrected chi connectivity index (χ4v) is 4.57. The van der Waals surface area contributed by atoms with E-state index in [-0.39, 0.29) is 0 Å². The van der Waals surface area contributed by atoms with E-state index in [9.17, 15) is 5.26 Å². The molecule has 0 amide bonds. The number of nitrogens with zero attached hydrogens (tertiary/aromatic N) is 1. The number of benzene rings is 1. The van der Waals surface area contributed by atoms with Crippen molar-refractivity contribution < 1.29 is 0 Å². The van der Waals surface area contributed by atoms with Gasteiger partial charge in [-0.3, -0.25) is 0 Å². The van der Waals surface area contributed by atoms with Crippen LogP contribution in [0.4, 0.5) is 5.00 Å². The zero-order chi connectivity index (χ0) is 16.8. The van der Waals surface area contributed by atoms with Crippen LogP contribution >= 0.6 is 23.6 Å². The molecule has 0 radical (unpaired) electrons. The molecule has 0 unspecified atom stereocenters. The smallest absolute Gasteiger partial charge is 0.171 e. The van der Waals surface area contributed by atoms with Crippen molar-refractivity contribution in [3.8, 4) is 6.07 Å². The van der Waals surface area contributed by atoms with Crippen LogP contribution in [0.3, 0.4) is 0 Å². The van der Waals surface area contributed by atoms with Gasteiger partial charge in [0, 0.05) is 11.4 Å². The van der Waals surface area contributed by atoms with E-state index in [1.165, 1.54) is 28.8 Å². The van der Waals surface area contributed by atoms with Crippen LogP contribution in [0.15, 0.2) is 30.3 Å². The molecule has 24 heavy (non-hydrogen) atoms. The Morgan fingerprint density at radius 1 is 1.21 bits per heavy atom. The highest BCUT2D eigenvalue weighted by molar-refractivity contribution is 7.80. The summed E-state index contributed by atoms with van der Waals surface area (Å²) in [5, 5.41) is 17.5. The van der Waals surface area contributed by atoms with Gasteiger partial charge in [0.25, 0.3) is 0 Å². The van der Waals surface area contributed by atoms with Crippen LogP contribution < -0.4 is 10.6 Å². The van der Waals surface area contributed by atoms with E-state index in [0.29, 0.717) is 5.11 Å². The molecule has 1 aliphatic carbocycles. The summed E-state index contributed by atoms with van der Waals surface area (Å²) >= 11 is 7.08. The number of rotatable bonds is 5. The monoisotopic (exact) mass is 355 g/mol. The summed E-state index contributed by atoms with van der Waals surface area (Å²) in [7, 11) is 0. The second-order valence-electron chi connectivity index (χ2n) is 6.00. The standard InChI is InChI=1S/C19H21N3S2/c20-13-16-15-10-4-5-11-17(15)24-18(16)22-19(23)21-12-6-9-14-7-2-1-3-8-14/h1-3,7-8H,4-6,9-12H2,(H2,21,22,23). The first-order valence-corrected chi connectivity index (χ1v) is 9.64. The third-order valence-corrected chi connectivity index (χ3v) is 5.73. The highest BCUT2D eigenvalue weighted by atomic mass is 32.1. The Morgan fingerprint density at radius 2 is 2.00 bits per heavy atom. The maximum atomic E-state index is 9.47. The van der Waals surface area contributed by atoms with Crippen molar-refractivity contribution in [2.75, 3.05) is 11.9 Å². The van der Waals surface area contributed by atoms with Crippen molar-refractivity contribution in [2.24, 2.45) is 0 Å². The van der Waals surface area contributed by atoms with Crippen molar-refractivity contribution in [1.82, 2.24) is 5.32 Å². The zero-order valence-electron chi connectivity index (χ0n) is 13.6. The van der Waals surface area contributed by atoms with E-state index in [2.05, 4.69) is 41.0 Å². The van der Waals surface area contributed by atoms with Gasteiger partial charge >= 0.3 is 0 Å². The van der Waals surface area contributed by atoms with E-state index in [4.69, 9.17) is 12.2 Å². The molecule has 3 rings (SSSR count). The van der Waals surface area contributed by atoms with Crippen molar-refractivity contribution in [1.29, 1.82) is 5.26 Å². The maximum Gasteiger partial charge on any atom is 0.171 e. The van der Waals surface area contributed by atoms with Crippen LogP contribution in [-0.2, 0) is 19.3 Å². The number of fused-ring (bicyclic) bond motifs is 1. The number of anilines is 1. The molecule has 5 heteroatoms. The number of aryl methyl sites for hydroxylation is 2. The lowest BCUT2D eigenvalue weighted by Crippen LogP contribution is -2.29. The molecule has 3 nitrogen and oxygen atoms in total. The molecular weight excluding hydrogens is 334 g/mol. The highest BCUT2D eigenvalue weighted by Gasteiger charge is 2.20. The fraction of sp³-hybridized carbons (Fsp3) is 0.368. The molecule has 124 valence electrons. The summed E-state index contributed by atoms with van der Waals surface area (Å²) in [5.41, 5.74) is 3.38. The van der Waals surface area contributed by atoms with Gasteiger partial charge in [-0.15, -0.1) is 11.3 Å².